The fourth-order valence-corrected chi connectivity index (χ4v) is 2.99. The fourth-order valence-electron chi connectivity index (χ4n) is 2.87. The van der Waals surface area contributed by atoms with Crippen LogP contribution in [0.1, 0.15) is 28.3 Å². The lowest BCUT2D eigenvalue weighted by Gasteiger charge is -2.17. The number of amides is 1. The lowest BCUT2D eigenvalue weighted by atomic mass is 9.98. The number of benzene rings is 2. The monoisotopic (exact) mass is 315 g/mol. The zero-order valence-electron chi connectivity index (χ0n) is 12.5. The molecule has 1 saturated heterocycles. The summed E-state index contributed by atoms with van der Waals surface area (Å²) >= 11 is 5.87. The summed E-state index contributed by atoms with van der Waals surface area (Å²) < 4.78 is 5.18. The van der Waals surface area contributed by atoms with E-state index in [1.165, 1.54) is 5.56 Å². The van der Waals surface area contributed by atoms with E-state index in [0.717, 1.165) is 25.3 Å². The van der Waals surface area contributed by atoms with Gasteiger partial charge in [0.2, 0.25) is 0 Å². The van der Waals surface area contributed by atoms with Gasteiger partial charge in [-0.1, -0.05) is 23.7 Å². The number of carbonyl (C=O) groups is 1. The second-order valence-electron chi connectivity index (χ2n) is 5.52. The molecule has 1 aliphatic rings. The molecule has 0 bridgehead atoms. The molecule has 0 saturated carbocycles. The number of likely N-dealkylation sites (tertiary alicyclic amines) is 1. The quantitative estimate of drug-likeness (QED) is 0.857. The van der Waals surface area contributed by atoms with Gasteiger partial charge >= 0.3 is 0 Å². The highest BCUT2D eigenvalue weighted by atomic mass is 35.5. The molecule has 0 spiro atoms. The number of nitrogens with zero attached hydrogens (tertiary/aromatic N) is 1. The molecule has 1 heterocycles. The molecule has 22 heavy (non-hydrogen) atoms. The van der Waals surface area contributed by atoms with Gasteiger partial charge in [-0.3, -0.25) is 4.79 Å². The number of carbonyl (C=O) groups excluding carboxylic acids is 1. The number of ether oxygens (including phenoxy) is 1. The number of hydrogen-bond acceptors (Lipinski definition) is 2. The van der Waals surface area contributed by atoms with E-state index in [0.29, 0.717) is 16.5 Å². The average molecular weight is 316 g/mol. The maximum Gasteiger partial charge on any atom is 0.253 e. The second kappa shape index (κ2) is 6.41. The van der Waals surface area contributed by atoms with Crippen LogP contribution in [-0.4, -0.2) is 31.0 Å². The van der Waals surface area contributed by atoms with Crippen LogP contribution in [0.25, 0.3) is 0 Å². The van der Waals surface area contributed by atoms with E-state index >= 15 is 0 Å². The van der Waals surface area contributed by atoms with E-state index in [-0.39, 0.29) is 5.91 Å². The van der Waals surface area contributed by atoms with Crippen molar-refractivity contribution >= 4 is 17.5 Å². The average Bonchev–Trinajstić information content (AvgIpc) is 3.05. The molecule has 4 heteroatoms. The van der Waals surface area contributed by atoms with Gasteiger partial charge in [0.05, 0.1) is 7.11 Å². The highest BCUT2D eigenvalue weighted by Crippen LogP contribution is 2.29. The van der Waals surface area contributed by atoms with E-state index in [4.69, 9.17) is 16.3 Å². The molecule has 1 atom stereocenters. The van der Waals surface area contributed by atoms with E-state index in [1.807, 2.05) is 17.0 Å². The zero-order valence-corrected chi connectivity index (χ0v) is 13.2. The molecule has 1 fully saturated rings. The summed E-state index contributed by atoms with van der Waals surface area (Å²) in [6.45, 7) is 1.55. The Morgan fingerprint density at radius 2 is 1.82 bits per heavy atom. The minimum absolute atomic E-state index is 0.0766. The highest BCUT2D eigenvalue weighted by molar-refractivity contribution is 6.30. The van der Waals surface area contributed by atoms with Gasteiger partial charge in [0.15, 0.2) is 0 Å². The lowest BCUT2D eigenvalue weighted by molar-refractivity contribution is 0.0791. The Morgan fingerprint density at radius 1 is 1.14 bits per heavy atom. The van der Waals surface area contributed by atoms with Gasteiger partial charge in [-0.25, -0.2) is 0 Å². The predicted octanol–water partition coefficient (Wildman–Crippen LogP) is 3.98. The first-order chi connectivity index (χ1) is 10.7. The number of halogens is 1. The van der Waals surface area contributed by atoms with Crippen molar-refractivity contribution in [3.63, 3.8) is 0 Å². The summed E-state index contributed by atoms with van der Waals surface area (Å²) in [7, 11) is 1.66. The Morgan fingerprint density at radius 3 is 2.45 bits per heavy atom. The SMILES string of the molecule is COc1ccc(C2CCN(C(=O)c3ccc(Cl)cc3)C2)cc1. The largest absolute Gasteiger partial charge is 0.497 e. The van der Waals surface area contributed by atoms with Crippen molar-refractivity contribution in [2.24, 2.45) is 0 Å². The number of hydrogen-bond donors (Lipinski definition) is 0. The third-order valence-electron chi connectivity index (χ3n) is 4.15. The van der Waals surface area contributed by atoms with Crippen LogP contribution in [-0.2, 0) is 0 Å². The maximum atomic E-state index is 12.5. The van der Waals surface area contributed by atoms with Crippen LogP contribution in [0.3, 0.4) is 0 Å². The molecule has 1 amide bonds. The molecular weight excluding hydrogens is 298 g/mol. The Labute approximate surface area is 135 Å². The smallest absolute Gasteiger partial charge is 0.253 e. The van der Waals surface area contributed by atoms with E-state index in [2.05, 4.69) is 12.1 Å². The summed E-state index contributed by atoms with van der Waals surface area (Å²) in [5, 5.41) is 0.647. The van der Waals surface area contributed by atoms with Crippen LogP contribution in [0, 0.1) is 0 Å². The van der Waals surface area contributed by atoms with Crippen molar-refractivity contribution in [1.29, 1.82) is 0 Å². The molecular formula is C18H18ClNO2. The molecule has 0 aliphatic carbocycles. The Balaban J connectivity index is 1.68. The van der Waals surface area contributed by atoms with Gasteiger partial charge in [-0.2, -0.15) is 0 Å². The van der Waals surface area contributed by atoms with Crippen molar-refractivity contribution in [2.75, 3.05) is 20.2 Å². The first-order valence-corrected chi connectivity index (χ1v) is 7.74. The summed E-state index contributed by atoms with van der Waals surface area (Å²) in [6, 6.07) is 15.2. The molecule has 3 nitrogen and oxygen atoms in total. The lowest BCUT2D eigenvalue weighted by Crippen LogP contribution is -2.28. The molecule has 2 aromatic carbocycles. The first kappa shape index (κ1) is 14.9. The van der Waals surface area contributed by atoms with Gasteiger partial charge in [-0.15, -0.1) is 0 Å². The normalized spacial score (nSPS) is 17.5. The van der Waals surface area contributed by atoms with Crippen LogP contribution < -0.4 is 4.74 Å². The molecule has 1 aliphatic heterocycles. The van der Waals surface area contributed by atoms with Crippen LogP contribution in [0.4, 0.5) is 0 Å². The van der Waals surface area contributed by atoms with Gasteiger partial charge in [-0.05, 0) is 48.4 Å². The molecule has 0 N–H and O–H groups in total. The maximum absolute atomic E-state index is 12.5. The summed E-state index contributed by atoms with van der Waals surface area (Å²) in [4.78, 5) is 14.4. The minimum Gasteiger partial charge on any atom is -0.497 e. The Bertz CT molecular complexity index is 652. The summed E-state index contributed by atoms with van der Waals surface area (Å²) in [5.41, 5.74) is 1.95. The van der Waals surface area contributed by atoms with Crippen molar-refractivity contribution in [3.05, 3.63) is 64.7 Å². The minimum atomic E-state index is 0.0766. The second-order valence-corrected chi connectivity index (χ2v) is 5.95. The fraction of sp³-hybridized carbons (Fsp3) is 0.278. The third-order valence-corrected chi connectivity index (χ3v) is 4.41. The molecule has 3 rings (SSSR count). The van der Waals surface area contributed by atoms with Crippen molar-refractivity contribution < 1.29 is 9.53 Å². The molecule has 0 radical (unpaired) electrons. The van der Waals surface area contributed by atoms with E-state index < -0.39 is 0 Å². The van der Waals surface area contributed by atoms with Gasteiger partial charge in [0.25, 0.3) is 5.91 Å². The summed E-state index contributed by atoms with van der Waals surface area (Å²) in [6.07, 6.45) is 0.992. The number of rotatable bonds is 3. The zero-order chi connectivity index (χ0) is 15.5. The molecule has 0 aromatic heterocycles. The first-order valence-electron chi connectivity index (χ1n) is 7.36. The van der Waals surface area contributed by atoms with Gasteiger partial charge in [0.1, 0.15) is 5.75 Å². The van der Waals surface area contributed by atoms with Crippen LogP contribution in [0.5, 0.6) is 5.75 Å². The van der Waals surface area contributed by atoms with Crippen LogP contribution in [0.15, 0.2) is 48.5 Å². The number of methoxy groups -OCH3 is 1. The van der Waals surface area contributed by atoms with Crippen molar-refractivity contribution in [1.82, 2.24) is 4.90 Å². The Kier molecular flexibility index (Phi) is 4.34. The molecule has 1 unspecified atom stereocenters. The topological polar surface area (TPSA) is 29.5 Å². The Hall–Kier alpha value is -2.00. The molecule has 114 valence electrons. The van der Waals surface area contributed by atoms with Crippen LogP contribution >= 0.6 is 11.6 Å². The van der Waals surface area contributed by atoms with Gasteiger partial charge in [0, 0.05) is 29.6 Å². The van der Waals surface area contributed by atoms with Crippen molar-refractivity contribution in [3.8, 4) is 5.75 Å². The third kappa shape index (κ3) is 3.09. The standard InChI is InChI=1S/C18H18ClNO2/c1-22-17-8-4-13(5-9-17)15-10-11-20(12-15)18(21)14-2-6-16(19)7-3-14/h2-9,15H,10-12H2,1H3. The van der Waals surface area contributed by atoms with E-state index in [1.54, 1.807) is 31.4 Å². The van der Waals surface area contributed by atoms with Crippen molar-refractivity contribution in [2.45, 2.75) is 12.3 Å². The van der Waals surface area contributed by atoms with Gasteiger partial charge < -0.3 is 9.64 Å². The predicted molar refractivity (Wildman–Crippen MR) is 87.7 cm³/mol. The summed E-state index contributed by atoms with van der Waals surface area (Å²) in [5.74, 6) is 1.32. The van der Waals surface area contributed by atoms with E-state index in [9.17, 15) is 4.79 Å². The molecule has 2 aromatic rings. The van der Waals surface area contributed by atoms with Crippen LogP contribution in [0.2, 0.25) is 5.02 Å². The highest BCUT2D eigenvalue weighted by Gasteiger charge is 2.27.